The zero-order valence-electron chi connectivity index (χ0n) is 30.4. The summed E-state index contributed by atoms with van der Waals surface area (Å²) in [5.41, 5.74) is 11.2. The van der Waals surface area contributed by atoms with Gasteiger partial charge in [0.2, 0.25) is 0 Å². The topological polar surface area (TPSA) is 38.9 Å². The molecule has 0 atom stereocenters. The van der Waals surface area contributed by atoms with E-state index in [4.69, 9.17) is 9.40 Å². The summed E-state index contributed by atoms with van der Waals surface area (Å²) in [6, 6.07) is 42.1. The van der Waals surface area contributed by atoms with Crippen molar-refractivity contribution in [3.8, 4) is 33.6 Å². The van der Waals surface area contributed by atoms with E-state index in [1.807, 2.05) is 36.5 Å². The molecule has 3 nitrogen and oxygen atoms in total. The third kappa shape index (κ3) is 8.76. The Morgan fingerprint density at radius 1 is 0.720 bits per heavy atom. The summed E-state index contributed by atoms with van der Waals surface area (Å²) < 4.78 is 6.04. The van der Waals surface area contributed by atoms with Gasteiger partial charge in [-0.05, 0) is 63.7 Å². The largest absolute Gasteiger partial charge is 0.500 e. The van der Waals surface area contributed by atoms with Crippen molar-refractivity contribution in [1.29, 1.82) is 0 Å². The number of fused-ring (bicyclic) bond motifs is 3. The molecule has 0 N–H and O–H groups in total. The number of nitrogens with zero attached hydrogens (tertiary/aromatic N) is 2. The van der Waals surface area contributed by atoms with Crippen molar-refractivity contribution in [2.24, 2.45) is 5.41 Å². The van der Waals surface area contributed by atoms with E-state index in [1.54, 1.807) is 0 Å². The first-order chi connectivity index (χ1) is 23.4. The fourth-order valence-corrected chi connectivity index (χ4v) is 7.80. The van der Waals surface area contributed by atoms with E-state index >= 15 is 0 Å². The number of hydrogen-bond donors (Lipinski definition) is 0. The molecule has 0 unspecified atom stereocenters. The molecule has 0 saturated carbocycles. The van der Waals surface area contributed by atoms with Crippen LogP contribution in [-0.2, 0) is 26.5 Å². The van der Waals surface area contributed by atoms with Gasteiger partial charge in [-0.25, -0.2) is 0 Å². The van der Waals surface area contributed by atoms with E-state index < -0.39 is 8.07 Å². The summed E-state index contributed by atoms with van der Waals surface area (Å²) in [7, 11) is -1.37. The van der Waals surface area contributed by atoms with Gasteiger partial charge >= 0.3 is 0 Å². The van der Waals surface area contributed by atoms with Gasteiger partial charge in [0.1, 0.15) is 5.58 Å². The van der Waals surface area contributed by atoms with E-state index in [1.165, 1.54) is 27.4 Å². The Morgan fingerprint density at radius 3 is 2.12 bits per heavy atom. The first kappa shape index (κ1) is 37.1. The monoisotopic (exact) mass is 851 g/mol. The standard InChI is InChI=1S/C26H20NO.C19H26NSi.Ir/c1-17(2)19-12-13-27-24(16-19)21-9-11-26-23(15-21)22-14-20(8-10-25(22)28-26)18-6-4-3-5-7-18;1-19(2,3)13-16-12-17(15-10-8-7-9-11-15)20-14-18(16)21(4,5)6;/h3-8,10-17H,1-2H3;7-10,12,14H,13H2,1-6H3;/q2*-1;. The Bertz CT molecular complexity index is 2190. The number of aromatic nitrogens is 2. The summed E-state index contributed by atoms with van der Waals surface area (Å²) in [6.45, 7) is 18.5. The molecule has 0 saturated heterocycles. The Labute approximate surface area is 312 Å². The van der Waals surface area contributed by atoms with E-state index in [0.29, 0.717) is 5.92 Å². The molecule has 7 aromatic rings. The smallest absolute Gasteiger partial charge is 0.121 e. The molecule has 5 heteroatoms. The molecule has 7 rings (SSSR count). The van der Waals surface area contributed by atoms with Crippen LogP contribution in [0, 0.1) is 17.5 Å². The van der Waals surface area contributed by atoms with Crippen LogP contribution in [0.1, 0.15) is 51.7 Å². The molecule has 0 aliphatic rings. The SMILES string of the molecule is CC(C)(C)Cc1cc(-c2[c-]cccc2)ncc1[Si](C)(C)C.CC(C)c1ccnc(-c2[c-]cc3oc4ccc(-c5ccccc5)cc4c3c2)c1.[Ir]. The number of benzene rings is 4. The minimum atomic E-state index is -1.37. The molecule has 0 aliphatic heterocycles. The number of rotatable bonds is 6. The average Bonchev–Trinajstić information content (AvgIpc) is 3.45. The first-order valence-electron chi connectivity index (χ1n) is 17.2. The zero-order valence-corrected chi connectivity index (χ0v) is 33.8. The van der Waals surface area contributed by atoms with Gasteiger partial charge in [-0.3, -0.25) is 0 Å². The molecule has 50 heavy (non-hydrogen) atoms. The van der Waals surface area contributed by atoms with Crippen molar-refractivity contribution in [1.82, 2.24) is 9.97 Å². The van der Waals surface area contributed by atoms with E-state index in [2.05, 4.69) is 150 Å². The van der Waals surface area contributed by atoms with Crippen molar-refractivity contribution in [3.05, 3.63) is 139 Å². The summed E-state index contributed by atoms with van der Waals surface area (Å²) in [4.78, 5) is 9.28. The summed E-state index contributed by atoms with van der Waals surface area (Å²) in [6.07, 6.45) is 5.09. The van der Waals surface area contributed by atoms with Crippen molar-refractivity contribution >= 4 is 35.2 Å². The van der Waals surface area contributed by atoms with Crippen LogP contribution in [0.25, 0.3) is 55.6 Å². The van der Waals surface area contributed by atoms with Crippen LogP contribution in [0.2, 0.25) is 19.6 Å². The second kappa shape index (κ2) is 15.4. The number of furan rings is 1. The molecule has 1 radical (unpaired) electrons. The molecule has 0 fully saturated rings. The van der Waals surface area contributed by atoms with Gasteiger partial charge in [0.15, 0.2) is 0 Å². The van der Waals surface area contributed by atoms with Crippen LogP contribution in [-0.4, -0.2) is 18.0 Å². The Balaban J connectivity index is 0.000000199. The first-order valence-corrected chi connectivity index (χ1v) is 20.7. The van der Waals surface area contributed by atoms with Gasteiger partial charge < -0.3 is 14.4 Å². The van der Waals surface area contributed by atoms with Crippen LogP contribution >= 0.6 is 0 Å². The second-order valence-electron chi connectivity index (χ2n) is 15.4. The van der Waals surface area contributed by atoms with E-state index in [0.717, 1.165) is 50.9 Å². The minimum Gasteiger partial charge on any atom is -0.500 e. The van der Waals surface area contributed by atoms with Gasteiger partial charge in [-0.2, -0.15) is 0 Å². The van der Waals surface area contributed by atoms with Crippen LogP contribution in [0.4, 0.5) is 0 Å². The molecule has 4 aromatic carbocycles. The summed E-state index contributed by atoms with van der Waals surface area (Å²) >= 11 is 0. The minimum absolute atomic E-state index is 0. The predicted octanol–water partition coefficient (Wildman–Crippen LogP) is 11.9. The fraction of sp³-hybridized carbons (Fsp3) is 0.244. The maximum absolute atomic E-state index is 6.04. The number of pyridine rings is 2. The van der Waals surface area contributed by atoms with E-state index in [9.17, 15) is 0 Å². The van der Waals surface area contributed by atoms with Gasteiger partial charge in [0, 0.05) is 37.9 Å². The number of hydrogen-bond acceptors (Lipinski definition) is 3. The second-order valence-corrected chi connectivity index (χ2v) is 20.5. The molecule has 3 heterocycles. The quantitative estimate of drug-likeness (QED) is 0.124. The third-order valence-corrected chi connectivity index (χ3v) is 10.8. The maximum atomic E-state index is 6.04. The molecular formula is C45H46IrN2OSi-2. The van der Waals surface area contributed by atoms with Gasteiger partial charge in [-0.15, -0.1) is 59.7 Å². The Hall–Kier alpha value is -4.15. The molecule has 0 aliphatic carbocycles. The maximum Gasteiger partial charge on any atom is 0.121 e. The van der Waals surface area contributed by atoms with Crippen LogP contribution in [0.3, 0.4) is 0 Å². The van der Waals surface area contributed by atoms with Crippen molar-refractivity contribution < 1.29 is 24.5 Å². The Kier molecular flexibility index (Phi) is 11.4. The van der Waals surface area contributed by atoms with E-state index in [-0.39, 0.29) is 25.5 Å². The van der Waals surface area contributed by atoms with Gasteiger partial charge in [0.05, 0.1) is 13.7 Å². The van der Waals surface area contributed by atoms with Gasteiger partial charge in [-0.1, -0.05) is 119 Å². The van der Waals surface area contributed by atoms with Gasteiger partial charge in [0.25, 0.3) is 0 Å². The van der Waals surface area contributed by atoms with Crippen molar-refractivity contribution in [2.75, 3.05) is 0 Å². The fourth-order valence-electron chi connectivity index (χ4n) is 6.22. The third-order valence-electron chi connectivity index (χ3n) is 8.74. The summed E-state index contributed by atoms with van der Waals surface area (Å²) in [5.74, 6) is 0.466. The van der Waals surface area contributed by atoms with Crippen LogP contribution in [0.15, 0.2) is 120 Å². The molecule has 3 aromatic heterocycles. The van der Waals surface area contributed by atoms with Crippen molar-refractivity contribution in [3.63, 3.8) is 0 Å². The molecule has 0 bridgehead atoms. The molecular weight excluding hydrogens is 805 g/mol. The van der Waals surface area contributed by atoms with Crippen molar-refractivity contribution in [2.45, 2.75) is 66.6 Å². The average molecular weight is 851 g/mol. The predicted molar refractivity (Wildman–Crippen MR) is 210 cm³/mol. The van der Waals surface area contributed by atoms with Crippen LogP contribution in [0.5, 0.6) is 0 Å². The van der Waals surface area contributed by atoms with Crippen LogP contribution < -0.4 is 5.19 Å². The molecule has 0 spiro atoms. The Morgan fingerprint density at radius 2 is 1.44 bits per heavy atom. The molecule has 0 amide bonds. The molecule has 257 valence electrons. The zero-order chi connectivity index (χ0) is 34.8. The normalized spacial score (nSPS) is 11.7. The summed E-state index contributed by atoms with van der Waals surface area (Å²) in [5, 5.41) is 3.70.